The zero-order valence-corrected chi connectivity index (χ0v) is 26.1. The van der Waals surface area contributed by atoms with Crippen molar-refractivity contribution in [2.24, 2.45) is 11.8 Å². The van der Waals surface area contributed by atoms with Crippen LogP contribution in [0.3, 0.4) is 0 Å². The molecule has 2 atom stereocenters. The molecule has 0 spiro atoms. The van der Waals surface area contributed by atoms with Gasteiger partial charge in [0.15, 0.2) is 0 Å². The molecule has 7 heteroatoms. The molecule has 1 unspecified atom stereocenters. The quantitative estimate of drug-likeness (QED) is 0.198. The Morgan fingerprint density at radius 1 is 0.814 bits per heavy atom. The van der Waals surface area contributed by atoms with Crippen LogP contribution in [0.4, 0.5) is 4.79 Å². The lowest BCUT2D eigenvalue weighted by atomic mass is 9.98. The van der Waals surface area contributed by atoms with Crippen molar-refractivity contribution in [2.45, 2.75) is 71.9 Å². The summed E-state index contributed by atoms with van der Waals surface area (Å²) in [5.74, 6) is -1.89. The van der Waals surface area contributed by atoms with E-state index in [4.69, 9.17) is 4.74 Å². The molecule has 7 nitrogen and oxygen atoms in total. The number of ether oxygens (including phenoxy) is 1. The maximum absolute atomic E-state index is 13.6. The van der Waals surface area contributed by atoms with Crippen molar-refractivity contribution in [1.82, 2.24) is 10.2 Å². The number of hydrogen-bond donors (Lipinski definition) is 2. The zero-order chi connectivity index (χ0) is 31.4. The van der Waals surface area contributed by atoms with Gasteiger partial charge in [-0.3, -0.25) is 4.79 Å². The second-order valence-electron chi connectivity index (χ2n) is 12.5. The Bertz CT molecular complexity index is 1300. The molecular formula is C36H46N2O5. The lowest BCUT2D eigenvalue weighted by Gasteiger charge is -2.31. The number of nitrogens with one attached hydrogen (secondary N) is 1. The number of aliphatic carboxylic acids is 1. The van der Waals surface area contributed by atoms with Crippen LogP contribution in [-0.2, 0) is 27.2 Å². The molecule has 0 aliphatic rings. The smallest absolute Gasteiger partial charge is 0.326 e. The van der Waals surface area contributed by atoms with E-state index in [0.717, 1.165) is 29.5 Å². The normalized spacial score (nSPS) is 12.8. The van der Waals surface area contributed by atoms with Crippen LogP contribution in [0.5, 0.6) is 0 Å². The van der Waals surface area contributed by atoms with Crippen molar-refractivity contribution in [3.8, 4) is 11.1 Å². The average Bonchev–Trinajstić information content (AvgIpc) is 2.96. The van der Waals surface area contributed by atoms with Gasteiger partial charge < -0.3 is 20.1 Å². The molecule has 43 heavy (non-hydrogen) atoms. The summed E-state index contributed by atoms with van der Waals surface area (Å²) in [5, 5.41) is 12.7. The second-order valence-corrected chi connectivity index (χ2v) is 12.5. The van der Waals surface area contributed by atoms with Gasteiger partial charge in [-0.25, -0.2) is 9.59 Å². The third kappa shape index (κ3) is 11.6. The number of carbonyl (C=O) groups is 3. The summed E-state index contributed by atoms with van der Waals surface area (Å²) in [6.45, 7) is 9.98. The maximum atomic E-state index is 13.6. The monoisotopic (exact) mass is 586 g/mol. The van der Waals surface area contributed by atoms with E-state index in [-0.39, 0.29) is 24.9 Å². The topological polar surface area (TPSA) is 95.9 Å². The first kappa shape index (κ1) is 33.4. The van der Waals surface area contributed by atoms with E-state index in [1.54, 1.807) is 4.90 Å². The highest BCUT2D eigenvalue weighted by molar-refractivity contribution is 5.83. The van der Waals surface area contributed by atoms with Gasteiger partial charge in [-0.15, -0.1) is 0 Å². The fourth-order valence-electron chi connectivity index (χ4n) is 4.95. The summed E-state index contributed by atoms with van der Waals surface area (Å²) in [4.78, 5) is 40.6. The van der Waals surface area contributed by atoms with Gasteiger partial charge in [0.2, 0.25) is 0 Å². The van der Waals surface area contributed by atoms with Gasteiger partial charge in [0, 0.05) is 19.5 Å². The van der Waals surface area contributed by atoms with Crippen LogP contribution in [0, 0.1) is 11.8 Å². The van der Waals surface area contributed by atoms with Gasteiger partial charge in [0.25, 0.3) is 0 Å². The first-order chi connectivity index (χ1) is 20.4. The van der Waals surface area contributed by atoms with Gasteiger partial charge in [-0.1, -0.05) is 98.8 Å². The molecule has 0 aliphatic carbocycles. The van der Waals surface area contributed by atoms with Crippen molar-refractivity contribution in [3.05, 3.63) is 96.1 Å². The molecule has 0 aromatic heterocycles. The summed E-state index contributed by atoms with van der Waals surface area (Å²) >= 11 is 0. The lowest BCUT2D eigenvalue weighted by Crippen LogP contribution is -2.51. The number of urea groups is 1. The third-order valence-electron chi connectivity index (χ3n) is 7.01. The molecule has 230 valence electrons. The zero-order valence-electron chi connectivity index (χ0n) is 26.1. The number of carboxylic acids is 1. The highest BCUT2D eigenvalue weighted by Gasteiger charge is 2.31. The minimum absolute atomic E-state index is 0.114. The number of aryl methyl sites for hydroxylation is 1. The van der Waals surface area contributed by atoms with Crippen LogP contribution in [0.15, 0.2) is 84.9 Å². The first-order valence-electron chi connectivity index (χ1n) is 15.1. The molecule has 0 radical (unpaired) electrons. The van der Waals surface area contributed by atoms with Gasteiger partial charge in [0.1, 0.15) is 11.6 Å². The molecule has 2 N–H and O–H groups in total. The minimum Gasteiger partial charge on any atom is -0.480 e. The summed E-state index contributed by atoms with van der Waals surface area (Å²) in [5.41, 5.74) is 3.43. The van der Waals surface area contributed by atoms with Crippen molar-refractivity contribution < 1.29 is 24.2 Å². The van der Waals surface area contributed by atoms with Crippen molar-refractivity contribution in [1.29, 1.82) is 0 Å². The van der Waals surface area contributed by atoms with Crippen LogP contribution in [-0.4, -0.2) is 52.7 Å². The number of carboxylic acid groups (broad SMARTS) is 1. The largest absolute Gasteiger partial charge is 0.480 e. The maximum Gasteiger partial charge on any atom is 0.326 e. The van der Waals surface area contributed by atoms with E-state index < -0.39 is 29.6 Å². The summed E-state index contributed by atoms with van der Waals surface area (Å²) in [7, 11) is 0. The van der Waals surface area contributed by atoms with Crippen molar-refractivity contribution >= 4 is 18.0 Å². The van der Waals surface area contributed by atoms with E-state index in [2.05, 4.69) is 17.4 Å². The molecular weight excluding hydrogens is 540 g/mol. The fraction of sp³-hybridized carbons (Fsp3) is 0.417. The predicted octanol–water partition coefficient (Wildman–Crippen LogP) is 7.00. The van der Waals surface area contributed by atoms with E-state index in [9.17, 15) is 19.5 Å². The van der Waals surface area contributed by atoms with E-state index >= 15 is 0 Å². The molecule has 0 fully saturated rings. The predicted molar refractivity (Wildman–Crippen MR) is 171 cm³/mol. The highest BCUT2D eigenvalue weighted by atomic mass is 16.6. The fourth-order valence-corrected chi connectivity index (χ4v) is 4.95. The SMILES string of the molecule is CC(C)CN(CC(CCCc1ccccc1)C(=O)OC(C)(C)C)C(=O)N[C@@H](Cc1ccc(-c2ccccc2)cc1)C(=O)O. The second kappa shape index (κ2) is 15.9. The third-order valence-corrected chi connectivity index (χ3v) is 7.01. The Kier molecular flexibility index (Phi) is 12.4. The Morgan fingerprint density at radius 2 is 1.40 bits per heavy atom. The summed E-state index contributed by atoms with van der Waals surface area (Å²) in [6.07, 6.45) is 2.24. The van der Waals surface area contributed by atoms with Gasteiger partial charge in [0.05, 0.1) is 5.92 Å². The number of hydrogen-bond acceptors (Lipinski definition) is 4. The van der Waals surface area contributed by atoms with Gasteiger partial charge in [-0.05, 0) is 68.2 Å². The van der Waals surface area contributed by atoms with Crippen molar-refractivity contribution in [2.75, 3.05) is 13.1 Å². The lowest BCUT2D eigenvalue weighted by molar-refractivity contribution is -0.160. The minimum atomic E-state index is -1.12. The molecule has 3 aromatic rings. The van der Waals surface area contributed by atoms with Crippen LogP contribution in [0.2, 0.25) is 0 Å². The molecule has 2 amide bonds. The average molecular weight is 587 g/mol. The molecule has 0 bridgehead atoms. The summed E-state index contributed by atoms with van der Waals surface area (Å²) < 4.78 is 5.74. The number of rotatable bonds is 14. The van der Waals surface area contributed by atoms with Crippen molar-refractivity contribution in [3.63, 3.8) is 0 Å². The van der Waals surface area contributed by atoms with Crippen LogP contribution < -0.4 is 5.32 Å². The van der Waals surface area contributed by atoms with Gasteiger partial charge in [-0.2, -0.15) is 0 Å². The highest BCUT2D eigenvalue weighted by Crippen LogP contribution is 2.21. The molecule has 0 heterocycles. The molecule has 0 saturated carbocycles. The van der Waals surface area contributed by atoms with E-state index in [0.29, 0.717) is 13.0 Å². The number of nitrogens with zero attached hydrogens (tertiary/aromatic N) is 1. The van der Waals surface area contributed by atoms with Gasteiger partial charge >= 0.3 is 18.0 Å². The van der Waals surface area contributed by atoms with E-state index in [1.807, 2.05) is 107 Å². The molecule has 3 aromatic carbocycles. The number of benzene rings is 3. The Hall–Kier alpha value is -4.13. The Balaban J connectivity index is 1.72. The Morgan fingerprint density at radius 3 is 1.95 bits per heavy atom. The number of esters is 1. The molecule has 3 rings (SSSR count). The first-order valence-corrected chi connectivity index (χ1v) is 15.1. The summed E-state index contributed by atoms with van der Waals surface area (Å²) in [6, 6.07) is 26.1. The molecule has 0 aliphatic heterocycles. The molecule has 0 saturated heterocycles. The van der Waals surface area contributed by atoms with Crippen LogP contribution in [0.25, 0.3) is 11.1 Å². The standard InChI is InChI=1S/C36H46N2O5/c1-26(2)24-38(25-31(34(41)43-36(3,4)5)18-12-15-27-13-8-6-9-14-27)35(42)37-32(33(39)40)23-28-19-21-30(22-20-28)29-16-10-7-11-17-29/h6-11,13-14,16-17,19-22,26,31-32H,12,15,18,23-25H2,1-5H3,(H,37,42)(H,39,40)/t31?,32-/m0/s1. The number of carbonyl (C=O) groups excluding carboxylic acids is 2. The van der Waals surface area contributed by atoms with Crippen LogP contribution in [0.1, 0.15) is 58.6 Å². The van der Waals surface area contributed by atoms with Crippen LogP contribution >= 0.6 is 0 Å². The Labute approximate surface area is 256 Å². The number of amides is 2. The van der Waals surface area contributed by atoms with E-state index in [1.165, 1.54) is 5.56 Å².